The number of carbonyl (C=O) groups is 2. The van der Waals surface area contributed by atoms with Gasteiger partial charge in [-0.05, 0) is 19.3 Å². The van der Waals surface area contributed by atoms with Crippen LogP contribution < -0.4 is 0 Å². The van der Waals surface area contributed by atoms with Crippen molar-refractivity contribution in [2.45, 2.75) is 32.6 Å². The molecule has 0 bridgehead atoms. The molecule has 0 aromatic rings. The van der Waals surface area contributed by atoms with Gasteiger partial charge in [0.15, 0.2) is 0 Å². The fourth-order valence-electron chi connectivity index (χ4n) is 2.59. The van der Waals surface area contributed by atoms with E-state index in [1.165, 1.54) is 0 Å². The highest BCUT2D eigenvalue weighted by molar-refractivity contribution is 5.80. The summed E-state index contributed by atoms with van der Waals surface area (Å²) in [5.74, 6) is -0.630. The second kappa shape index (κ2) is 3.92. The zero-order chi connectivity index (χ0) is 11.8. The lowest BCUT2D eigenvalue weighted by Crippen LogP contribution is -2.43. The highest BCUT2D eigenvalue weighted by atomic mass is 16.4. The lowest BCUT2D eigenvalue weighted by molar-refractivity contribution is -0.151. The van der Waals surface area contributed by atoms with E-state index in [0.717, 1.165) is 24.8 Å². The van der Waals surface area contributed by atoms with Crippen LogP contribution in [-0.4, -0.2) is 35.0 Å². The van der Waals surface area contributed by atoms with Crippen LogP contribution in [0.3, 0.4) is 0 Å². The zero-order valence-corrected chi connectivity index (χ0v) is 9.53. The SMILES string of the molecule is CC(=O)N1CC=C(C2(C(=O)O)CCC2)CC1. The van der Waals surface area contributed by atoms with Crippen molar-refractivity contribution in [1.29, 1.82) is 0 Å². The predicted octanol–water partition coefficient (Wildman–Crippen LogP) is 1.42. The number of hydrogen-bond acceptors (Lipinski definition) is 2. The van der Waals surface area contributed by atoms with Crippen LogP contribution in [-0.2, 0) is 9.59 Å². The van der Waals surface area contributed by atoms with E-state index in [0.29, 0.717) is 19.5 Å². The van der Waals surface area contributed by atoms with Crippen LogP contribution >= 0.6 is 0 Å². The molecule has 2 rings (SSSR count). The molecular weight excluding hydrogens is 206 g/mol. The molecule has 1 saturated carbocycles. The van der Waals surface area contributed by atoms with Gasteiger partial charge in [-0.2, -0.15) is 0 Å². The van der Waals surface area contributed by atoms with Crippen molar-refractivity contribution in [1.82, 2.24) is 4.90 Å². The molecule has 88 valence electrons. The molecule has 2 aliphatic rings. The largest absolute Gasteiger partial charge is 0.481 e. The number of amides is 1. The van der Waals surface area contributed by atoms with E-state index < -0.39 is 11.4 Å². The summed E-state index contributed by atoms with van der Waals surface area (Å²) in [4.78, 5) is 24.2. The summed E-state index contributed by atoms with van der Waals surface area (Å²) in [6, 6.07) is 0. The molecule has 0 unspecified atom stereocenters. The Kier molecular flexibility index (Phi) is 2.74. The topological polar surface area (TPSA) is 57.6 Å². The molecule has 0 aromatic heterocycles. The highest BCUT2D eigenvalue weighted by Crippen LogP contribution is 2.49. The van der Waals surface area contributed by atoms with Gasteiger partial charge in [0.1, 0.15) is 0 Å². The summed E-state index contributed by atoms with van der Waals surface area (Å²) in [5, 5.41) is 9.29. The number of nitrogens with zero attached hydrogens (tertiary/aromatic N) is 1. The van der Waals surface area contributed by atoms with E-state index in [-0.39, 0.29) is 5.91 Å². The molecule has 1 aliphatic heterocycles. The molecule has 1 fully saturated rings. The maximum atomic E-state index is 11.3. The summed E-state index contributed by atoms with van der Waals surface area (Å²) in [6.45, 7) is 2.78. The minimum absolute atomic E-state index is 0.0632. The van der Waals surface area contributed by atoms with Crippen molar-refractivity contribution >= 4 is 11.9 Å². The van der Waals surface area contributed by atoms with Crippen LogP contribution in [0.1, 0.15) is 32.6 Å². The van der Waals surface area contributed by atoms with Crippen LogP contribution in [0.25, 0.3) is 0 Å². The molecule has 4 heteroatoms. The Bertz CT molecular complexity index is 355. The van der Waals surface area contributed by atoms with Crippen LogP contribution in [0.2, 0.25) is 0 Å². The van der Waals surface area contributed by atoms with E-state index in [4.69, 9.17) is 0 Å². The van der Waals surface area contributed by atoms with Gasteiger partial charge in [-0.1, -0.05) is 18.1 Å². The first-order valence-electron chi connectivity index (χ1n) is 5.75. The Labute approximate surface area is 94.9 Å². The van der Waals surface area contributed by atoms with Gasteiger partial charge in [-0.3, -0.25) is 9.59 Å². The van der Waals surface area contributed by atoms with E-state index in [1.807, 2.05) is 6.08 Å². The van der Waals surface area contributed by atoms with Gasteiger partial charge in [0.2, 0.25) is 5.91 Å². The van der Waals surface area contributed by atoms with Gasteiger partial charge in [0.05, 0.1) is 5.41 Å². The summed E-state index contributed by atoms with van der Waals surface area (Å²) in [7, 11) is 0. The third-order valence-electron chi connectivity index (χ3n) is 3.89. The highest BCUT2D eigenvalue weighted by Gasteiger charge is 2.47. The van der Waals surface area contributed by atoms with Gasteiger partial charge >= 0.3 is 5.97 Å². The molecule has 0 radical (unpaired) electrons. The average molecular weight is 223 g/mol. The summed E-state index contributed by atoms with van der Waals surface area (Å²) >= 11 is 0. The van der Waals surface area contributed by atoms with Crippen molar-refractivity contribution in [2.75, 3.05) is 13.1 Å². The standard InChI is InChI=1S/C12H17NO3/c1-9(14)13-7-3-10(4-8-13)12(11(15)16)5-2-6-12/h3H,2,4-8H2,1H3,(H,15,16). The van der Waals surface area contributed by atoms with Gasteiger partial charge in [0.25, 0.3) is 0 Å². The monoisotopic (exact) mass is 223 g/mol. The normalized spacial score (nSPS) is 23.3. The molecule has 0 atom stereocenters. The molecule has 1 aliphatic carbocycles. The third-order valence-corrected chi connectivity index (χ3v) is 3.89. The van der Waals surface area contributed by atoms with Crippen molar-refractivity contribution in [2.24, 2.45) is 5.41 Å². The molecule has 16 heavy (non-hydrogen) atoms. The van der Waals surface area contributed by atoms with E-state index in [2.05, 4.69) is 0 Å². The fourth-order valence-corrected chi connectivity index (χ4v) is 2.59. The summed E-state index contributed by atoms with van der Waals surface area (Å²) < 4.78 is 0. The minimum atomic E-state index is -0.693. The van der Waals surface area contributed by atoms with Crippen LogP contribution in [0.5, 0.6) is 0 Å². The van der Waals surface area contributed by atoms with E-state index >= 15 is 0 Å². The average Bonchev–Trinajstić information content (AvgIpc) is 2.16. The maximum absolute atomic E-state index is 11.3. The van der Waals surface area contributed by atoms with Gasteiger partial charge < -0.3 is 10.0 Å². The van der Waals surface area contributed by atoms with Crippen LogP contribution in [0, 0.1) is 5.41 Å². The lowest BCUT2D eigenvalue weighted by atomic mass is 9.62. The number of aliphatic carboxylic acids is 1. The number of rotatable bonds is 2. The molecule has 0 aromatic carbocycles. The van der Waals surface area contributed by atoms with Crippen molar-refractivity contribution in [3.63, 3.8) is 0 Å². The molecule has 0 saturated heterocycles. The molecule has 1 heterocycles. The Morgan fingerprint density at radius 1 is 1.44 bits per heavy atom. The Hall–Kier alpha value is -1.32. The molecule has 0 spiro atoms. The molecule has 1 N–H and O–H groups in total. The Morgan fingerprint density at radius 3 is 2.44 bits per heavy atom. The summed E-state index contributed by atoms with van der Waals surface area (Å²) in [6.07, 6.45) is 5.17. The Morgan fingerprint density at radius 2 is 2.12 bits per heavy atom. The van der Waals surface area contributed by atoms with Gasteiger partial charge in [0, 0.05) is 20.0 Å². The lowest BCUT2D eigenvalue weighted by Gasteiger charge is -2.42. The van der Waals surface area contributed by atoms with Crippen LogP contribution in [0.15, 0.2) is 11.6 Å². The third kappa shape index (κ3) is 1.62. The van der Waals surface area contributed by atoms with Crippen molar-refractivity contribution < 1.29 is 14.7 Å². The number of hydrogen-bond donors (Lipinski definition) is 1. The van der Waals surface area contributed by atoms with E-state index in [9.17, 15) is 14.7 Å². The fraction of sp³-hybridized carbons (Fsp3) is 0.667. The smallest absolute Gasteiger partial charge is 0.313 e. The van der Waals surface area contributed by atoms with E-state index in [1.54, 1.807) is 11.8 Å². The van der Waals surface area contributed by atoms with Gasteiger partial charge in [-0.25, -0.2) is 0 Å². The first kappa shape index (κ1) is 11.2. The molecular formula is C12H17NO3. The number of carboxylic acids is 1. The van der Waals surface area contributed by atoms with Crippen LogP contribution in [0.4, 0.5) is 0 Å². The zero-order valence-electron chi connectivity index (χ0n) is 9.53. The minimum Gasteiger partial charge on any atom is -0.481 e. The quantitative estimate of drug-likeness (QED) is 0.720. The molecule has 4 nitrogen and oxygen atoms in total. The number of carbonyl (C=O) groups excluding carboxylic acids is 1. The van der Waals surface area contributed by atoms with Crippen molar-refractivity contribution in [3.05, 3.63) is 11.6 Å². The second-order valence-electron chi connectivity index (χ2n) is 4.69. The van der Waals surface area contributed by atoms with Gasteiger partial charge in [-0.15, -0.1) is 0 Å². The maximum Gasteiger partial charge on any atom is 0.313 e. The predicted molar refractivity (Wildman–Crippen MR) is 58.9 cm³/mol. The van der Waals surface area contributed by atoms with Crippen molar-refractivity contribution in [3.8, 4) is 0 Å². The first-order chi connectivity index (χ1) is 7.56. The summed E-state index contributed by atoms with van der Waals surface area (Å²) in [5.41, 5.74) is 0.437. The molecule has 1 amide bonds. The Balaban J connectivity index is 2.12. The second-order valence-corrected chi connectivity index (χ2v) is 4.69. The first-order valence-corrected chi connectivity index (χ1v) is 5.75. The number of carboxylic acid groups (broad SMARTS) is 1.